The fourth-order valence-electron chi connectivity index (χ4n) is 2.88. The van der Waals surface area contributed by atoms with Crippen molar-refractivity contribution < 1.29 is 4.74 Å². The number of nitrogens with zero attached hydrogens (tertiary/aromatic N) is 1. The molecule has 0 fully saturated rings. The molecule has 0 spiro atoms. The third-order valence-electron chi connectivity index (χ3n) is 3.99. The predicted molar refractivity (Wildman–Crippen MR) is 88.4 cm³/mol. The topological polar surface area (TPSA) is 38.5 Å². The predicted octanol–water partition coefficient (Wildman–Crippen LogP) is 3.58. The normalized spacial score (nSPS) is 15.0. The van der Waals surface area contributed by atoms with Gasteiger partial charge < -0.3 is 10.5 Å². The summed E-state index contributed by atoms with van der Waals surface area (Å²) in [4.78, 5) is 3.95. The Kier molecular flexibility index (Phi) is 7.74. The molecule has 0 aliphatic rings. The van der Waals surface area contributed by atoms with Crippen LogP contribution in [0.3, 0.4) is 0 Å². The maximum Gasteiger partial charge on any atom is 0.0596 e. The van der Waals surface area contributed by atoms with Crippen molar-refractivity contribution in [2.24, 2.45) is 5.73 Å². The number of ether oxygens (including phenoxy) is 1. The molecule has 2 N–H and O–H groups in total. The molecule has 1 aromatic rings. The van der Waals surface area contributed by atoms with Gasteiger partial charge in [0.25, 0.3) is 0 Å². The van der Waals surface area contributed by atoms with E-state index in [1.165, 1.54) is 10.4 Å². The van der Waals surface area contributed by atoms with Gasteiger partial charge in [0.15, 0.2) is 0 Å². The lowest BCUT2D eigenvalue weighted by atomic mass is 9.99. The minimum atomic E-state index is 0.116. The van der Waals surface area contributed by atoms with Crippen LogP contribution in [-0.2, 0) is 4.74 Å². The molecule has 2 unspecified atom stereocenters. The van der Waals surface area contributed by atoms with Crippen LogP contribution in [0.2, 0.25) is 0 Å². The standard InChI is InChI=1S/C16H30N2OS/c1-6-14(7-2)18(9-10-19-5)15(13(4)17)16-12(3)8-11-20-16/h8,11,13-15H,6-7,9-10,17H2,1-5H3. The molecular formula is C16H30N2OS. The second-order valence-corrected chi connectivity index (χ2v) is 6.42. The van der Waals surface area contributed by atoms with Gasteiger partial charge >= 0.3 is 0 Å². The molecule has 2 atom stereocenters. The molecule has 20 heavy (non-hydrogen) atoms. The average Bonchev–Trinajstić information content (AvgIpc) is 2.83. The fourth-order valence-corrected chi connectivity index (χ4v) is 4.04. The van der Waals surface area contributed by atoms with E-state index in [2.05, 4.69) is 44.0 Å². The molecule has 3 nitrogen and oxygen atoms in total. The third-order valence-corrected chi connectivity index (χ3v) is 5.08. The van der Waals surface area contributed by atoms with Gasteiger partial charge in [0.05, 0.1) is 12.6 Å². The zero-order valence-electron chi connectivity index (χ0n) is 13.6. The minimum Gasteiger partial charge on any atom is -0.383 e. The highest BCUT2D eigenvalue weighted by Crippen LogP contribution is 2.33. The van der Waals surface area contributed by atoms with E-state index < -0.39 is 0 Å². The van der Waals surface area contributed by atoms with Crippen LogP contribution in [0.1, 0.15) is 50.1 Å². The highest BCUT2D eigenvalue weighted by atomic mass is 32.1. The first-order valence-electron chi connectivity index (χ1n) is 7.60. The Labute approximate surface area is 128 Å². The monoisotopic (exact) mass is 298 g/mol. The van der Waals surface area contributed by atoms with E-state index >= 15 is 0 Å². The van der Waals surface area contributed by atoms with Crippen molar-refractivity contribution in [2.75, 3.05) is 20.3 Å². The summed E-state index contributed by atoms with van der Waals surface area (Å²) in [5.74, 6) is 0. The van der Waals surface area contributed by atoms with Crippen molar-refractivity contribution in [1.29, 1.82) is 0 Å². The summed E-state index contributed by atoms with van der Waals surface area (Å²) in [7, 11) is 1.77. The van der Waals surface area contributed by atoms with Gasteiger partial charge in [-0.1, -0.05) is 13.8 Å². The van der Waals surface area contributed by atoms with Crippen molar-refractivity contribution in [3.8, 4) is 0 Å². The van der Waals surface area contributed by atoms with Gasteiger partial charge in [-0.05, 0) is 43.7 Å². The largest absolute Gasteiger partial charge is 0.383 e. The van der Waals surface area contributed by atoms with E-state index in [-0.39, 0.29) is 12.1 Å². The molecule has 0 amide bonds. The summed E-state index contributed by atoms with van der Waals surface area (Å²) in [6.07, 6.45) is 2.29. The summed E-state index contributed by atoms with van der Waals surface area (Å²) in [5, 5.41) is 2.17. The van der Waals surface area contributed by atoms with Crippen LogP contribution in [0.4, 0.5) is 0 Å². The van der Waals surface area contributed by atoms with Crippen LogP contribution in [0.15, 0.2) is 11.4 Å². The molecular weight excluding hydrogens is 268 g/mol. The van der Waals surface area contributed by atoms with Gasteiger partial charge in [0.2, 0.25) is 0 Å². The molecule has 0 aliphatic heterocycles. The first-order chi connectivity index (χ1) is 9.56. The van der Waals surface area contributed by atoms with Gasteiger partial charge in [0.1, 0.15) is 0 Å². The molecule has 1 aromatic heterocycles. The summed E-state index contributed by atoms with van der Waals surface area (Å²) in [6, 6.07) is 3.15. The summed E-state index contributed by atoms with van der Waals surface area (Å²) < 4.78 is 5.31. The van der Waals surface area contributed by atoms with Crippen LogP contribution in [0.5, 0.6) is 0 Å². The Hall–Kier alpha value is -0.420. The van der Waals surface area contributed by atoms with E-state index in [1.54, 1.807) is 7.11 Å². The zero-order chi connectivity index (χ0) is 15.1. The molecule has 0 aliphatic carbocycles. The quantitative estimate of drug-likeness (QED) is 0.757. The maximum atomic E-state index is 6.34. The number of methoxy groups -OCH3 is 1. The molecule has 0 bridgehead atoms. The maximum absolute atomic E-state index is 6.34. The zero-order valence-corrected chi connectivity index (χ0v) is 14.4. The summed E-state index contributed by atoms with van der Waals surface area (Å²) >= 11 is 1.82. The van der Waals surface area contributed by atoms with Crippen LogP contribution < -0.4 is 5.73 Å². The van der Waals surface area contributed by atoms with Crippen LogP contribution >= 0.6 is 11.3 Å². The van der Waals surface area contributed by atoms with Crippen molar-refractivity contribution >= 4 is 11.3 Å². The second-order valence-electron chi connectivity index (χ2n) is 5.47. The molecule has 0 aromatic carbocycles. The van der Waals surface area contributed by atoms with E-state index in [0.717, 1.165) is 26.0 Å². The van der Waals surface area contributed by atoms with Crippen LogP contribution in [0, 0.1) is 6.92 Å². The molecule has 0 saturated heterocycles. The lowest BCUT2D eigenvalue weighted by Crippen LogP contribution is -2.46. The molecule has 4 heteroatoms. The Balaban J connectivity index is 3.07. The smallest absolute Gasteiger partial charge is 0.0596 e. The first kappa shape index (κ1) is 17.6. The Morgan fingerprint density at radius 3 is 2.40 bits per heavy atom. The van der Waals surface area contributed by atoms with E-state index in [4.69, 9.17) is 10.5 Å². The van der Waals surface area contributed by atoms with Gasteiger partial charge in [-0.15, -0.1) is 11.3 Å². The number of hydrogen-bond acceptors (Lipinski definition) is 4. The van der Waals surface area contributed by atoms with Gasteiger partial charge in [0, 0.05) is 30.6 Å². The number of rotatable bonds is 9. The van der Waals surface area contributed by atoms with Crippen molar-refractivity contribution in [3.63, 3.8) is 0 Å². The van der Waals surface area contributed by atoms with Crippen molar-refractivity contribution in [2.45, 2.75) is 58.7 Å². The van der Waals surface area contributed by atoms with Crippen molar-refractivity contribution in [3.05, 3.63) is 21.9 Å². The highest BCUT2D eigenvalue weighted by Gasteiger charge is 2.30. The van der Waals surface area contributed by atoms with Crippen LogP contribution in [0.25, 0.3) is 0 Å². The van der Waals surface area contributed by atoms with E-state index in [0.29, 0.717) is 6.04 Å². The Morgan fingerprint density at radius 2 is 2.00 bits per heavy atom. The number of thiophene rings is 1. The molecule has 0 radical (unpaired) electrons. The first-order valence-corrected chi connectivity index (χ1v) is 8.48. The van der Waals surface area contributed by atoms with Crippen molar-refractivity contribution in [1.82, 2.24) is 4.90 Å². The SMILES string of the molecule is CCC(CC)N(CCOC)C(c1sccc1C)C(C)N. The Morgan fingerprint density at radius 1 is 1.35 bits per heavy atom. The van der Waals surface area contributed by atoms with Gasteiger partial charge in [-0.2, -0.15) is 0 Å². The molecule has 1 rings (SSSR count). The summed E-state index contributed by atoms with van der Waals surface area (Å²) in [6.45, 7) is 10.5. The second kappa shape index (κ2) is 8.78. The van der Waals surface area contributed by atoms with Gasteiger partial charge in [-0.3, -0.25) is 4.90 Å². The summed E-state index contributed by atoms with van der Waals surface area (Å²) in [5.41, 5.74) is 7.69. The molecule has 1 heterocycles. The third kappa shape index (κ3) is 4.29. The van der Waals surface area contributed by atoms with E-state index in [9.17, 15) is 0 Å². The number of hydrogen-bond donors (Lipinski definition) is 1. The lowest BCUT2D eigenvalue weighted by Gasteiger charge is -2.39. The average molecular weight is 298 g/mol. The van der Waals surface area contributed by atoms with Gasteiger partial charge in [-0.25, -0.2) is 0 Å². The lowest BCUT2D eigenvalue weighted by molar-refractivity contribution is 0.0714. The molecule has 0 saturated carbocycles. The molecule has 116 valence electrons. The number of nitrogens with two attached hydrogens (primary N) is 1. The highest BCUT2D eigenvalue weighted by molar-refractivity contribution is 7.10. The minimum absolute atomic E-state index is 0.116. The fraction of sp³-hybridized carbons (Fsp3) is 0.750. The van der Waals surface area contributed by atoms with Crippen LogP contribution in [-0.4, -0.2) is 37.2 Å². The Bertz CT molecular complexity index is 374. The number of aryl methyl sites for hydroxylation is 1. The van der Waals surface area contributed by atoms with E-state index in [1.807, 2.05) is 11.3 Å².